The fourth-order valence-electron chi connectivity index (χ4n) is 4.27. The van der Waals surface area contributed by atoms with Crippen LogP contribution in [0.25, 0.3) is 11.0 Å². The summed E-state index contributed by atoms with van der Waals surface area (Å²) in [7, 11) is 1.62. The largest absolute Gasteiger partial charge is 0.480 e. The van der Waals surface area contributed by atoms with Crippen LogP contribution in [0.15, 0.2) is 102 Å². The first kappa shape index (κ1) is 21.2. The van der Waals surface area contributed by atoms with Gasteiger partial charge >= 0.3 is 0 Å². The highest BCUT2D eigenvalue weighted by atomic mass is 127. The van der Waals surface area contributed by atoms with Crippen molar-refractivity contribution in [3.8, 4) is 5.88 Å². The maximum atomic E-state index is 5.46. The molecule has 0 atom stereocenters. The third-order valence-electron chi connectivity index (χ3n) is 5.62. The molecule has 4 nitrogen and oxygen atoms in total. The summed E-state index contributed by atoms with van der Waals surface area (Å²) < 4.78 is 9.16. The van der Waals surface area contributed by atoms with Crippen LogP contribution in [0, 0.1) is 3.70 Å². The summed E-state index contributed by atoms with van der Waals surface area (Å²) in [5.41, 5.74) is 4.37. The third-order valence-corrected chi connectivity index (χ3v) is 6.92. The van der Waals surface area contributed by atoms with Gasteiger partial charge < -0.3 is 4.74 Å². The van der Waals surface area contributed by atoms with E-state index in [4.69, 9.17) is 14.8 Å². The Labute approximate surface area is 208 Å². The average molecular weight is 596 g/mol. The topological polar surface area (TPSA) is 39.9 Å². The van der Waals surface area contributed by atoms with E-state index in [9.17, 15) is 0 Å². The van der Waals surface area contributed by atoms with Gasteiger partial charge in [0.25, 0.3) is 0 Å². The Kier molecular flexibility index (Phi) is 5.73. The van der Waals surface area contributed by atoms with Crippen LogP contribution in [0.3, 0.4) is 0 Å². The van der Waals surface area contributed by atoms with Crippen molar-refractivity contribution in [1.29, 1.82) is 0 Å². The van der Waals surface area contributed by atoms with E-state index in [2.05, 4.69) is 116 Å². The molecule has 158 valence electrons. The molecule has 0 N–H and O–H groups in total. The van der Waals surface area contributed by atoms with Gasteiger partial charge in [-0.05, 0) is 61.3 Å². The number of ether oxygens (including phenoxy) is 1. The second-order valence-electron chi connectivity index (χ2n) is 7.36. The average Bonchev–Trinajstić information content (AvgIpc) is 3.16. The van der Waals surface area contributed by atoms with E-state index < -0.39 is 5.54 Å². The summed E-state index contributed by atoms with van der Waals surface area (Å²) in [4.78, 5) is 4.75. The van der Waals surface area contributed by atoms with E-state index in [0.717, 1.165) is 35.9 Å². The lowest BCUT2D eigenvalue weighted by Crippen LogP contribution is -2.38. The number of methoxy groups -OCH3 is 1. The van der Waals surface area contributed by atoms with Gasteiger partial charge in [-0.2, -0.15) is 5.10 Å². The predicted octanol–water partition coefficient (Wildman–Crippen LogP) is 6.65. The van der Waals surface area contributed by atoms with Crippen molar-refractivity contribution >= 4 is 49.6 Å². The van der Waals surface area contributed by atoms with E-state index in [1.807, 2.05) is 24.3 Å². The first-order chi connectivity index (χ1) is 15.7. The summed E-state index contributed by atoms with van der Waals surface area (Å²) in [5, 5.41) is 5.07. The molecule has 6 heteroatoms. The van der Waals surface area contributed by atoms with Crippen molar-refractivity contribution in [3.63, 3.8) is 0 Å². The molecule has 5 aromatic rings. The summed E-state index contributed by atoms with van der Waals surface area (Å²) >= 11 is 5.88. The maximum absolute atomic E-state index is 5.46. The van der Waals surface area contributed by atoms with Gasteiger partial charge in [-0.1, -0.05) is 91.0 Å². The lowest BCUT2D eigenvalue weighted by Gasteiger charge is -2.36. The Hall–Kier alpha value is -2.71. The maximum Gasteiger partial charge on any atom is 0.228 e. The molecule has 3 aromatic carbocycles. The van der Waals surface area contributed by atoms with Crippen LogP contribution in [0.2, 0.25) is 0 Å². The van der Waals surface area contributed by atoms with Crippen molar-refractivity contribution in [3.05, 3.63) is 122 Å². The minimum Gasteiger partial charge on any atom is -0.480 e. The molecule has 0 saturated carbocycles. The van der Waals surface area contributed by atoms with Crippen molar-refractivity contribution in [1.82, 2.24) is 14.8 Å². The van der Waals surface area contributed by atoms with Gasteiger partial charge in [0, 0.05) is 0 Å². The van der Waals surface area contributed by atoms with Crippen LogP contribution in [-0.2, 0) is 5.54 Å². The van der Waals surface area contributed by atoms with E-state index in [1.54, 1.807) is 7.11 Å². The number of benzene rings is 3. The first-order valence-corrected chi connectivity index (χ1v) is 12.0. The molecule has 0 aliphatic heterocycles. The molecule has 0 aliphatic rings. The second kappa shape index (κ2) is 8.67. The zero-order chi connectivity index (χ0) is 22.1. The molecule has 5 rings (SSSR count). The van der Waals surface area contributed by atoms with Crippen molar-refractivity contribution in [2.24, 2.45) is 0 Å². The number of pyridine rings is 1. The van der Waals surface area contributed by atoms with Crippen molar-refractivity contribution in [2.45, 2.75) is 5.54 Å². The molecule has 0 bridgehead atoms. The summed E-state index contributed by atoms with van der Waals surface area (Å²) in [6.45, 7) is 0. The molecule has 32 heavy (non-hydrogen) atoms. The van der Waals surface area contributed by atoms with Gasteiger partial charge in [0.1, 0.15) is 14.8 Å². The van der Waals surface area contributed by atoms with Gasteiger partial charge in [-0.3, -0.25) is 0 Å². The number of hydrogen-bond acceptors (Lipinski definition) is 3. The Morgan fingerprint density at radius 2 is 1.28 bits per heavy atom. The fourth-order valence-corrected chi connectivity index (χ4v) is 5.35. The number of hydrogen-bond donors (Lipinski definition) is 0. The second-order valence-corrected chi connectivity index (χ2v) is 9.23. The zero-order valence-corrected chi connectivity index (χ0v) is 21.0. The van der Waals surface area contributed by atoms with Gasteiger partial charge in [0.15, 0.2) is 0 Å². The Balaban J connectivity index is 1.97. The third kappa shape index (κ3) is 3.33. The van der Waals surface area contributed by atoms with E-state index >= 15 is 0 Å². The molecular formula is C26H19BrIN3O. The molecule has 0 unspecified atom stereocenters. The fraction of sp³-hybridized carbons (Fsp3) is 0.0769. The summed E-state index contributed by atoms with van der Waals surface area (Å²) in [6.07, 6.45) is 0. The van der Waals surface area contributed by atoms with Crippen LogP contribution in [-0.4, -0.2) is 21.9 Å². The molecule has 0 amide bonds. The molecule has 0 fully saturated rings. The van der Waals surface area contributed by atoms with Crippen LogP contribution in [0.4, 0.5) is 0 Å². The number of aromatic nitrogens is 3. The Morgan fingerprint density at radius 3 is 1.72 bits per heavy atom. The first-order valence-electron chi connectivity index (χ1n) is 10.1. The van der Waals surface area contributed by atoms with Crippen molar-refractivity contribution in [2.75, 3.05) is 7.11 Å². The van der Waals surface area contributed by atoms with Gasteiger partial charge in [0.2, 0.25) is 5.88 Å². The minimum absolute atomic E-state index is 0.541. The van der Waals surface area contributed by atoms with Crippen molar-refractivity contribution < 1.29 is 4.74 Å². The van der Waals surface area contributed by atoms with Crippen LogP contribution >= 0.6 is 38.5 Å². The highest BCUT2D eigenvalue weighted by molar-refractivity contribution is 14.1. The van der Waals surface area contributed by atoms with Crippen LogP contribution in [0.5, 0.6) is 5.88 Å². The molecular weight excluding hydrogens is 577 g/mol. The van der Waals surface area contributed by atoms with E-state index in [1.165, 1.54) is 0 Å². The molecule has 0 radical (unpaired) electrons. The van der Waals surface area contributed by atoms with Crippen LogP contribution in [0.1, 0.15) is 16.7 Å². The van der Waals surface area contributed by atoms with E-state index in [-0.39, 0.29) is 0 Å². The lowest BCUT2D eigenvalue weighted by atomic mass is 9.77. The molecule has 2 aromatic heterocycles. The summed E-state index contributed by atoms with van der Waals surface area (Å²) in [6, 6.07) is 33.6. The number of fused-ring (bicyclic) bond motifs is 1. The zero-order valence-electron chi connectivity index (χ0n) is 17.2. The standard InChI is InChI=1S/C26H19BrIN3O/c1-32-25-21(27)17-22-23(29-25)24(28)30-31(22)26(18-11-5-2-6-12-18,19-13-7-3-8-14-19)20-15-9-4-10-16-20/h2-17H,1H3. The molecule has 2 heterocycles. The minimum atomic E-state index is -0.693. The highest BCUT2D eigenvalue weighted by Gasteiger charge is 2.41. The monoisotopic (exact) mass is 595 g/mol. The lowest BCUT2D eigenvalue weighted by molar-refractivity contribution is 0.396. The number of nitrogens with zero attached hydrogens (tertiary/aromatic N) is 3. The molecule has 0 aliphatic carbocycles. The normalized spacial score (nSPS) is 11.6. The van der Waals surface area contributed by atoms with Gasteiger partial charge in [-0.15, -0.1) is 0 Å². The smallest absolute Gasteiger partial charge is 0.228 e. The number of rotatable bonds is 5. The number of halogens is 2. The Bertz CT molecular complexity index is 1280. The Morgan fingerprint density at radius 1 is 0.812 bits per heavy atom. The molecule has 0 saturated heterocycles. The summed E-state index contributed by atoms with van der Waals surface area (Å²) in [5.74, 6) is 0.541. The SMILES string of the molecule is COc1nc2c(I)nn(C(c3ccccc3)(c3ccccc3)c3ccccc3)c2cc1Br. The highest BCUT2D eigenvalue weighted by Crippen LogP contribution is 2.43. The van der Waals surface area contributed by atoms with E-state index in [0.29, 0.717) is 5.88 Å². The van der Waals surface area contributed by atoms with Gasteiger partial charge in [0.05, 0.1) is 17.1 Å². The predicted molar refractivity (Wildman–Crippen MR) is 139 cm³/mol. The molecule has 0 spiro atoms. The quantitative estimate of drug-likeness (QED) is 0.169. The van der Waals surface area contributed by atoms with Crippen LogP contribution < -0.4 is 4.74 Å². The van der Waals surface area contributed by atoms with Gasteiger partial charge in [-0.25, -0.2) is 9.67 Å².